The molecule has 1 saturated heterocycles. The Morgan fingerprint density at radius 2 is 1.84 bits per heavy atom. The van der Waals surface area contributed by atoms with Gasteiger partial charge in [-0.2, -0.15) is 0 Å². The summed E-state index contributed by atoms with van der Waals surface area (Å²) in [5.41, 5.74) is 1.23. The van der Waals surface area contributed by atoms with Gasteiger partial charge in [-0.1, -0.05) is 24.3 Å². The minimum absolute atomic E-state index is 0.0485. The Hall–Kier alpha value is -2.90. The van der Waals surface area contributed by atoms with Crippen LogP contribution in [-0.2, 0) is 0 Å². The first kappa shape index (κ1) is 22.3. The lowest BCUT2D eigenvalue weighted by Gasteiger charge is -2.42. The number of anilines is 1. The minimum Gasteiger partial charge on any atom is -0.497 e. The molecule has 2 aromatic carbocycles. The summed E-state index contributed by atoms with van der Waals surface area (Å²) in [4.78, 5) is 18.6. The fourth-order valence-corrected chi connectivity index (χ4v) is 5.25. The first-order valence-corrected chi connectivity index (χ1v) is 11.7. The van der Waals surface area contributed by atoms with E-state index in [0.717, 1.165) is 26.2 Å². The van der Waals surface area contributed by atoms with Gasteiger partial charge in [-0.05, 0) is 48.7 Å². The number of carbonyl (C=O) groups excluding carboxylic acids is 1. The fraction of sp³-hybridized carbons (Fsp3) is 0.320. The highest BCUT2D eigenvalue weighted by atomic mass is 32.1. The van der Waals surface area contributed by atoms with Gasteiger partial charge in [0.15, 0.2) is 0 Å². The predicted molar refractivity (Wildman–Crippen MR) is 127 cm³/mol. The summed E-state index contributed by atoms with van der Waals surface area (Å²) < 4.78 is 19.5. The highest BCUT2D eigenvalue weighted by molar-refractivity contribution is 7.10. The van der Waals surface area contributed by atoms with Crippen LogP contribution in [0, 0.1) is 5.82 Å². The number of nitrogens with one attached hydrogen (secondary N) is 1. The number of benzene rings is 2. The van der Waals surface area contributed by atoms with Crippen LogP contribution in [0.5, 0.6) is 5.75 Å². The number of nitrogens with zero attached hydrogens (tertiary/aromatic N) is 2. The van der Waals surface area contributed by atoms with Crippen LogP contribution in [0.3, 0.4) is 0 Å². The van der Waals surface area contributed by atoms with Gasteiger partial charge < -0.3 is 15.0 Å². The van der Waals surface area contributed by atoms with Gasteiger partial charge in [-0.15, -0.1) is 11.3 Å². The van der Waals surface area contributed by atoms with Crippen molar-refractivity contribution in [1.29, 1.82) is 0 Å². The topological polar surface area (TPSA) is 44.8 Å². The molecule has 0 saturated carbocycles. The molecule has 5 nitrogen and oxygen atoms in total. The number of hydrogen-bond donors (Lipinski definition) is 1. The first-order chi connectivity index (χ1) is 15.6. The highest BCUT2D eigenvalue weighted by Gasteiger charge is 2.31. The summed E-state index contributed by atoms with van der Waals surface area (Å²) in [6, 6.07) is 18.2. The second-order valence-corrected chi connectivity index (χ2v) is 8.91. The van der Waals surface area contributed by atoms with E-state index in [4.69, 9.17) is 4.74 Å². The zero-order chi connectivity index (χ0) is 22.5. The molecule has 0 spiro atoms. The number of ether oxygens (including phenoxy) is 1. The van der Waals surface area contributed by atoms with E-state index in [0.29, 0.717) is 17.0 Å². The largest absolute Gasteiger partial charge is 0.497 e. The second-order valence-electron chi connectivity index (χ2n) is 7.93. The van der Waals surface area contributed by atoms with Crippen LogP contribution in [-0.4, -0.2) is 50.1 Å². The van der Waals surface area contributed by atoms with Gasteiger partial charge in [0.05, 0.1) is 18.8 Å². The first-order valence-electron chi connectivity index (χ1n) is 10.8. The number of halogens is 1. The molecule has 1 N–H and O–H groups in total. The summed E-state index contributed by atoms with van der Waals surface area (Å²) in [6.07, 6.45) is 0. The molecule has 0 bridgehead atoms. The van der Waals surface area contributed by atoms with E-state index in [1.807, 2.05) is 37.3 Å². The molecular formula is C25H28FN3O2S. The lowest BCUT2D eigenvalue weighted by molar-refractivity contribution is 0.0890. The molecule has 0 unspecified atom stereocenters. The van der Waals surface area contributed by atoms with Crippen LogP contribution in [0.15, 0.2) is 66.0 Å². The maximum Gasteiger partial charge on any atom is 0.251 e. The van der Waals surface area contributed by atoms with E-state index in [9.17, 15) is 9.18 Å². The molecule has 1 aliphatic heterocycles. The molecule has 3 aromatic rings. The van der Waals surface area contributed by atoms with Gasteiger partial charge >= 0.3 is 0 Å². The Morgan fingerprint density at radius 3 is 2.53 bits per heavy atom. The Bertz CT molecular complexity index is 1040. The van der Waals surface area contributed by atoms with Crippen molar-refractivity contribution >= 4 is 22.9 Å². The Balaban J connectivity index is 1.47. The van der Waals surface area contributed by atoms with Crippen LogP contribution in [0.1, 0.15) is 28.2 Å². The molecule has 1 amide bonds. The molecule has 2 heterocycles. The Kier molecular flexibility index (Phi) is 7.07. The zero-order valence-corrected chi connectivity index (χ0v) is 19.1. The van der Waals surface area contributed by atoms with Gasteiger partial charge in [0.25, 0.3) is 5.91 Å². The molecule has 7 heteroatoms. The van der Waals surface area contributed by atoms with Crippen LogP contribution in [0.2, 0.25) is 0 Å². The standard InChI is InChI=1S/C25H28FN3O2S/c1-18(27-25(30)19-7-5-8-20(17-19)31-2)24(23-11-6-16-32-23)29-14-12-28(13-15-29)22-10-4-3-9-21(22)26/h3-11,16-18,24H,12-15H2,1-2H3,(H,27,30)/t18-,24-/m1/s1. The van der Waals surface area contributed by atoms with Gasteiger partial charge in [-0.25, -0.2) is 4.39 Å². The summed E-state index contributed by atoms with van der Waals surface area (Å²) in [7, 11) is 1.59. The Morgan fingerprint density at radius 1 is 1.06 bits per heavy atom. The van der Waals surface area contributed by atoms with Crippen molar-refractivity contribution in [1.82, 2.24) is 10.2 Å². The summed E-state index contributed by atoms with van der Waals surface area (Å²) in [5.74, 6) is 0.349. The monoisotopic (exact) mass is 453 g/mol. The SMILES string of the molecule is COc1cccc(C(=O)N[C@H](C)[C@H](c2cccs2)N2CCN(c3ccccc3F)CC2)c1. The van der Waals surface area contributed by atoms with Crippen LogP contribution in [0.25, 0.3) is 0 Å². The number of piperazine rings is 1. The highest BCUT2D eigenvalue weighted by Crippen LogP contribution is 2.31. The van der Waals surface area contributed by atoms with Gasteiger partial charge in [0.2, 0.25) is 0 Å². The third-order valence-electron chi connectivity index (χ3n) is 5.90. The number of para-hydroxylation sites is 1. The average molecular weight is 454 g/mol. The molecular weight excluding hydrogens is 425 g/mol. The molecule has 4 rings (SSSR count). The maximum absolute atomic E-state index is 14.2. The van der Waals surface area contributed by atoms with Crippen molar-refractivity contribution in [2.24, 2.45) is 0 Å². The van der Waals surface area contributed by atoms with E-state index < -0.39 is 0 Å². The smallest absolute Gasteiger partial charge is 0.251 e. The van der Waals surface area contributed by atoms with Gasteiger partial charge in [-0.3, -0.25) is 9.69 Å². The fourth-order valence-electron chi connectivity index (χ4n) is 4.28. The number of carbonyl (C=O) groups is 1. The maximum atomic E-state index is 14.2. The van der Waals surface area contributed by atoms with E-state index in [1.54, 1.807) is 36.6 Å². The molecule has 0 aliphatic carbocycles. The van der Waals surface area contributed by atoms with Crippen LogP contribution >= 0.6 is 11.3 Å². The van der Waals surface area contributed by atoms with E-state index >= 15 is 0 Å². The van der Waals surface area contributed by atoms with Gasteiger partial charge in [0.1, 0.15) is 11.6 Å². The average Bonchev–Trinajstić information content (AvgIpc) is 3.34. The zero-order valence-electron chi connectivity index (χ0n) is 18.3. The lowest BCUT2D eigenvalue weighted by Crippen LogP contribution is -2.52. The number of hydrogen-bond acceptors (Lipinski definition) is 5. The van der Waals surface area contributed by atoms with Crippen LogP contribution in [0.4, 0.5) is 10.1 Å². The summed E-state index contributed by atoms with van der Waals surface area (Å²) in [5, 5.41) is 5.25. The predicted octanol–water partition coefficient (Wildman–Crippen LogP) is 4.58. The normalized spacial score (nSPS) is 16.4. The summed E-state index contributed by atoms with van der Waals surface area (Å²) >= 11 is 1.70. The molecule has 1 aliphatic rings. The molecule has 168 valence electrons. The second kappa shape index (κ2) is 10.1. The quantitative estimate of drug-likeness (QED) is 0.569. The molecule has 32 heavy (non-hydrogen) atoms. The minimum atomic E-state index is -0.185. The summed E-state index contributed by atoms with van der Waals surface area (Å²) in [6.45, 7) is 5.09. The Labute approximate surface area is 192 Å². The van der Waals surface area contributed by atoms with E-state index in [2.05, 4.69) is 26.6 Å². The van der Waals surface area contributed by atoms with Gasteiger partial charge in [0, 0.05) is 42.7 Å². The van der Waals surface area contributed by atoms with Crippen molar-refractivity contribution in [2.75, 3.05) is 38.2 Å². The third kappa shape index (κ3) is 4.95. The van der Waals surface area contributed by atoms with Crippen molar-refractivity contribution in [2.45, 2.75) is 19.0 Å². The van der Waals surface area contributed by atoms with Crippen molar-refractivity contribution in [3.05, 3.63) is 82.3 Å². The number of rotatable bonds is 7. The van der Waals surface area contributed by atoms with E-state index in [1.165, 1.54) is 10.9 Å². The molecule has 1 fully saturated rings. The molecule has 0 radical (unpaired) electrons. The van der Waals surface area contributed by atoms with Crippen molar-refractivity contribution in [3.63, 3.8) is 0 Å². The molecule has 1 aromatic heterocycles. The third-order valence-corrected chi connectivity index (χ3v) is 6.84. The molecule has 2 atom stereocenters. The number of amides is 1. The number of methoxy groups -OCH3 is 1. The van der Waals surface area contributed by atoms with Crippen molar-refractivity contribution < 1.29 is 13.9 Å². The lowest BCUT2D eigenvalue weighted by atomic mass is 10.0. The number of thiophene rings is 1. The van der Waals surface area contributed by atoms with E-state index in [-0.39, 0.29) is 23.8 Å². The van der Waals surface area contributed by atoms with Crippen LogP contribution < -0.4 is 15.0 Å². The van der Waals surface area contributed by atoms with Crippen molar-refractivity contribution in [3.8, 4) is 5.75 Å².